The number of nitrogens with one attached hydrogen (secondary N) is 3. The molecule has 8 nitrogen and oxygen atoms in total. The maximum Gasteiger partial charge on any atom is 0.276 e. The molecule has 0 radical (unpaired) electrons. The number of H-pyrrole nitrogens is 1. The topological polar surface area (TPSA) is 105 Å². The zero-order valence-electron chi connectivity index (χ0n) is 14.4. The van der Waals surface area contributed by atoms with E-state index in [-0.39, 0.29) is 27.9 Å². The van der Waals surface area contributed by atoms with E-state index >= 15 is 0 Å². The second kappa shape index (κ2) is 5.82. The van der Waals surface area contributed by atoms with Gasteiger partial charge in [-0.1, -0.05) is 18.0 Å². The maximum atomic E-state index is 13.3. The first-order chi connectivity index (χ1) is 13.1. The molecule has 1 spiro atoms. The highest BCUT2D eigenvalue weighted by Gasteiger charge is 2.45. The molecular formula is C18H17ClN6O2. The molecule has 138 valence electrons. The summed E-state index contributed by atoms with van der Waals surface area (Å²) in [7, 11) is 0. The lowest BCUT2D eigenvalue weighted by molar-refractivity contribution is 0.0877. The molecule has 1 saturated carbocycles. The molecule has 0 bridgehead atoms. The van der Waals surface area contributed by atoms with Crippen molar-refractivity contribution in [1.29, 1.82) is 0 Å². The number of amides is 1. The molecular weight excluding hydrogens is 368 g/mol. The molecule has 0 atom stereocenters. The standard InChI is InChI=1S/C18H17ClN6O2/c19-11-8-12(23-15-10-4-7-20-14(10)21-9-22-15)17(27)25-13(11)16(26)24-18(25)5-2-1-3-6-18/h4,7-9H,1-3,5-6H2,(H,24,26)(H2,20,21,22,23). The minimum atomic E-state index is -0.682. The molecule has 0 unspecified atom stereocenters. The third kappa shape index (κ3) is 2.36. The monoisotopic (exact) mass is 384 g/mol. The van der Waals surface area contributed by atoms with Gasteiger partial charge in [-0.3, -0.25) is 14.2 Å². The Morgan fingerprint density at radius 1 is 1.19 bits per heavy atom. The summed E-state index contributed by atoms with van der Waals surface area (Å²) in [6, 6.07) is 3.33. The highest BCUT2D eigenvalue weighted by atomic mass is 35.5. The van der Waals surface area contributed by atoms with E-state index in [1.54, 1.807) is 10.8 Å². The number of rotatable bonds is 2. The van der Waals surface area contributed by atoms with E-state index in [1.165, 1.54) is 12.4 Å². The Labute approximate surface area is 159 Å². The summed E-state index contributed by atoms with van der Waals surface area (Å²) in [5.41, 5.74) is 0.227. The number of carbonyl (C=O) groups excluding carboxylic acids is 1. The van der Waals surface area contributed by atoms with Crippen LogP contribution in [0.4, 0.5) is 11.5 Å². The fraction of sp³-hybridized carbons (Fsp3) is 0.333. The molecule has 4 heterocycles. The van der Waals surface area contributed by atoms with Crippen molar-refractivity contribution >= 4 is 40.0 Å². The average Bonchev–Trinajstić information content (AvgIpc) is 3.24. The first kappa shape index (κ1) is 16.3. The number of aromatic amines is 1. The molecule has 27 heavy (non-hydrogen) atoms. The number of carbonyl (C=O) groups is 1. The Morgan fingerprint density at radius 3 is 2.81 bits per heavy atom. The molecule has 9 heteroatoms. The van der Waals surface area contributed by atoms with Gasteiger partial charge in [0.1, 0.15) is 34.8 Å². The SMILES string of the molecule is O=C1NC2(CCCCC2)n2c1c(Cl)cc(Nc1ncnc3[nH]ccc13)c2=O. The van der Waals surface area contributed by atoms with Crippen molar-refractivity contribution in [3.63, 3.8) is 0 Å². The van der Waals surface area contributed by atoms with E-state index in [4.69, 9.17) is 11.6 Å². The summed E-state index contributed by atoms with van der Waals surface area (Å²) in [6.07, 6.45) is 7.63. The second-order valence-corrected chi connectivity index (χ2v) is 7.44. The zero-order chi connectivity index (χ0) is 18.6. The van der Waals surface area contributed by atoms with Crippen LogP contribution in [0.2, 0.25) is 5.02 Å². The number of nitrogens with zero attached hydrogens (tertiary/aromatic N) is 3. The third-order valence-electron chi connectivity index (χ3n) is 5.43. The van der Waals surface area contributed by atoms with Crippen molar-refractivity contribution in [3.8, 4) is 0 Å². The predicted octanol–water partition coefficient (Wildman–Crippen LogP) is 2.88. The van der Waals surface area contributed by atoms with Crippen molar-refractivity contribution < 1.29 is 4.79 Å². The Kier molecular flexibility index (Phi) is 3.51. The Bertz CT molecular complexity index is 1130. The molecule has 0 aromatic carbocycles. The van der Waals surface area contributed by atoms with Crippen LogP contribution in [-0.4, -0.2) is 25.4 Å². The number of hydrogen-bond donors (Lipinski definition) is 3. The molecule has 1 amide bonds. The number of halogens is 1. The van der Waals surface area contributed by atoms with Crippen LogP contribution in [0.25, 0.3) is 11.0 Å². The minimum Gasteiger partial charge on any atom is -0.346 e. The summed E-state index contributed by atoms with van der Waals surface area (Å²) >= 11 is 6.41. The first-order valence-electron chi connectivity index (χ1n) is 8.93. The minimum absolute atomic E-state index is 0.239. The van der Waals surface area contributed by atoms with Crippen LogP contribution in [0, 0.1) is 0 Å². The fourth-order valence-electron chi connectivity index (χ4n) is 4.20. The summed E-state index contributed by atoms with van der Waals surface area (Å²) < 4.78 is 1.55. The summed E-state index contributed by atoms with van der Waals surface area (Å²) in [5.74, 6) is 0.213. The Hall–Kier alpha value is -2.87. The largest absolute Gasteiger partial charge is 0.346 e. The smallest absolute Gasteiger partial charge is 0.276 e. The van der Waals surface area contributed by atoms with Crippen molar-refractivity contribution in [1.82, 2.24) is 24.8 Å². The normalized spacial score (nSPS) is 17.9. The summed E-state index contributed by atoms with van der Waals surface area (Å²) in [6.45, 7) is 0. The van der Waals surface area contributed by atoms with E-state index in [2.05, 4.69) is 25.6 Å². The van der Waals surface area contributed by atoms with Crippen LogP contribution in [0.15, 0.2) is 29.5 Å². The molecule has 2 aliphatic rings. The second-order valence-electron chi connectivity index (χ2n) is 7.03. The van der Waals surface area contributed by atoms with Gasteiger partial charge in [-0.15, -0.1) is 0 Å². The van der Waals surface area contributed by atoms with Crippen molar-refractivity contribution in [3.05, 3.63) is 45.7 Å². The summed E-state index contributed by atoms with van der Waals surface area (Å²) in [4.78, 5) is 37.2. The van der Waals surface area contributed by atoms with Crippen molar-refractivity contribution in [2.45, 2.75) is 37.8 Å². The lowest BCUT2D eigenvalue weighted by atomic mass is 9.89. The average molecular weight is 385 g/mol. The number of fused-ring (bicyclic) bond motifs is 3. The van der Waals surface area contributed by atoms with E-state index in [0.29, 0.717) is 11.5 Å². The first-order valence-corrected chi connectivity index (χ1v) is 9.30. The van der Waals surface area contributed by atoms with Crippen molar-refractivity contribution in [2.75, 3.05) is 5.32 Å². The molecule has 5 rings (SSSR count). The zero-order valence-corrected chi connectivity index (χ0v) is 15.1. The van der Waals surface area contributed by atoms with Gasteiger partial charge >= 0.3 is 0 Å². The molecule has 3 aromatic heterocycles. The predicted molar refractivity (Wildman–Crippen MR) is 101 cm³/mol. The Morgan fingerprint density at radius 2 is 2.00 bits per heavy atom. The molecule has 1 fully saturated rings. The highest BCUT2D eigenvalue weighted by molar-refractivity contribution is 6.34. The third-order valence-corrected chi connectivity index (χ3v) is 5.72. The van der Waals surface area contributed by atoms with Gasteiger partial charge in [-0.25, -0.2) is 9.97 Å². The van der Waals surface area contributed by atoms with Crippen molar-refractivity contribution in [2.24, 2.45) is 0 Å². The lowest BCUT2D eigenvalue weighted by Gasteiger charge is -2.35. The van der Waals surface area contributed by atoms with Gasteiger partial charge in [0.25, 0.3) is 11.5 Å². The van der Waals surface area contributed by atoms with Crippen LogP contribution in [0.3, 0.4) is 0 Å². The van der Waals surface area contributed by atoms with Gasteiger partial charge < -0.3 is 15.6 Å². The van der Waals surface area contributed by atoms with Gasteiger partial charge in [0, 0.05) is 6.20 Å². The number of anilines is 2. The molecule has 0 saturated heterocycles. The van der Waals surface area contributed by atoms with Gasteiger partial charge in [-0.05, 0) is 37.8 Å². The van der Waals surface area contributed by atoms with Crippen LogP contribution in [0.5, 0.6) is 0 Å². The number of hydrogen-bond acceptors (Lipinski definition) is 5. The Balaban J connectivity index is 1.67. The lowest BCUT2D eigenvalue weighted by Crippen LogP contribution is -2.48. The molecule has 1 aliphatic carbocycles. The quantitative estimate of drug-likeness (QED) is 0.630. The van der Waals surface area contributed by atoms with Gasteiger partial charge in [0.15, 0.2) is 0 Å². The molecule has 1 aliphatic heterocycles. The van der Waals surface area contributed by atoms with Crippen LogP contribution in [-0.2, 0) is 5.66 Å². The fourth-order valence-corrected chi connectivity index (χ4v) is 4.48. The van der Waals surface area contributed by atoms with Gasteiger partial charge in [0.2, 0.25) is 0 Å². The van der Waals surface area contributed by atoms with Gasteiger partial charge in [0.05, 0.1) is 10.4 Å². The molecule has 3 N–H and O–H groups in total. The van der Waals surface area contributed by atoms with Crippen LogP contribution in [0.1, 0.15) is 42.6 Å². The van der Waals surface area contributed by atoms with Crippen LogP contribution >= 0.6 is 11.6 Å². The van der Waals surface area contributed by atoms with E-state index in [1.807, 2.05) is 6.07 Å². The van der Waals surface area contributed by atoms with Crippen LogP contribution < -0.4 is 16.2 Å². The maximum absolute atomic E-state index is 13.3. The van der Waals surface area contributed by atoms with Gasteiger partial charge in [-0.2, -0.15) is 0 Å². The summed E-state index contributed by atoms with van der Waals surface area (Å²) in [5, 5.41) is 7.11. The van der Waals surface area contributed by atoms with E-state index < -0.39 is 5.66 Å². The number of pyridine rings is 1. The van der Waals surface area contributed by atoms with E-state index in [9.17, 15) is 9.59 Å². The highest BCUT2D eigenvalue weighted by Crippen LogP contribution is 2.38. The number of aromatic nitrogens is 4. The van der Waals surface area contributed by atoms with E-state index in [0.717, 1.165) is 37.5 Å². The molecule has 3 aromatic rings.